The average Bonchev–Trinajstić information content (AvgIpc) is 2.21. The largest absolute Gasteiger partial charge is 0.374 e. The molecule has 0 aromatic carbocycles. The van der Waals surface area contributed by atoms with E-state index in [-0.39, 0.29) is 0 Å². The first-order valence-electron chi connectivity index (χ1n) is 4.65. The van der Waals surface area contributed by atoms with Crippen molar-refractivity contribution in [2.24, 2.45) is 0 Å². The third-order valence-corrected chi connectivity index (χ3v) is 3.13. The average molecular weight is 257 g/mol. The van der Waals surface area contributed by atoms with Crippen molar-refractivity contribution < 1.29 is 15.0 Å². The molecular formula is C8H14Cl2N2O3. The van der Waals surface area contributed by atoms with E-state index >= 15 is 0 Å². The van der Waals surface area contributed by atoms with Crippen molar-refractivity contribution in [2.75, 3.05) is 19.6 Å². The normalized spacial score (nSPS) is 30.5. The Morgan fingerprint density at radius 1 is 1.40 bits per heavy atom. The SMILES string of the molecule is CCN1CCN(C(Cl)(Cl)C=O)C(O)C1O. The maximum Gasteiger partial charge on any atom is 0.229 e. The van der Waals surface area contributed by atoms with E-state index in [4.69, 9.17) is 23.2 Å². The summed E-state index contributed by atoms with van der Waals surface area (Å²) >= 11 is 11.4. The maximum absolute atomic E-state index is 10.6. The summed E-state index contributed by atoms with van der Waals surface area (Å²) in [6, 6.07) is 0. The fourth-order valence-corrected chi connectivity index (χ4v) is 1.96. The number of rotatable bonds is 3. The number of carbonyl (C=O) groups excluding carboxylic acids is 1. The van der Waals surface area contributed by atoms with Gasteiger partial charge in [-0.25, -0.2) is 4.90 Å². The number of hydrogen-bond donors (Lipinski definition) is 2. The van der Waals surface area contributed by atoms with Crippen LogP contribution in [0, 0.1) is 0 Å². The minimum atomic E-state index is -1.79. The molecule has 0 radical (unpaired) electrons. The zero-order chi connectivity index (χ0) is 11.6. The number of carbonyl (C=O) groups is 1. The Bertz CT molecular complexity index is 240. The molecule has 0 saturated carbocycles. The van der Waals surface area contributed by atoms with Crippen LogP contribution in [-0.2, 0) is 4.79 Å². The van der Waals surface area contributed by atoms with Crippen LogP contribution < -0.4 is 0 Å². The van der Waals surface area contributed by atoms with Crippen molar-refractivity contribution in [2.45, 2.75) is 23.8 Å². The highest BCUT2D eigenvalue weighted by molar-refractivity contribution is 6.55. The zero-order valence-electron chi connectivity index (χ0n) is 8.31. The number of hydrogen-bond acceptors (Lipinski definition) is 5. The van der Waals surface area contributed by atoms with Gasteiger partial charge in [-0.3, -0.25) is 9.69 Å². The van der Waals surface area contributed by atoms with Crippen molar-refractivity contribution in [3.05, 3.63) is 0 Å². The van der Waals surface area contributed by atoms with Crippen LogP contribution in [0.2, 0.25) is 0 Å². The van der Waals surface area contributed by atoms with Crippen LogP contribution in [0.1, 0.15) is 6.92 Å². The van der Waals surface area contributed by atoms with E-state index in [0.29, 0.717) is 25.9 Å². The van der Waals surface area contributed by atoms with Crippen LogP contribution in [0.5, 0.6) is 0 Å². The quantitative estimate of drug-likeness (QED) is 0.409. The van der Waals surface area contributed by atoms with E-state index in [2.05, 4.69) is 0 Å². The molecule has 0 amide bonds. The molecule has 2 atom stereocenters. The summed E-state index contributed by atoms with van der Waals surface area (Å²) in [6.07, 6.45) is -2.02. The number of aliphatic hydroxyl groups excluding tert-OH is 2. The van der Waals surface area contributed by atoms with Gasteiger partial charge in [0.2, 0.25) is 4.46 Å². The zero-order valence-corrected chi connectivity index (χ0v) is 9.82. The molecule has 2 unspecified atom stereocenters. The summed E-state index contributed by atoms with van der Waals surface area (Å²) in [5.41, 5.74) is 0. The molecule has 0 bridgehead atoms. The molecule has 15 heavy (non-hydrogen) atoms. The predicted molar refractivity (Wildman–Crippen MR) is 56.5 cm³/mol. The lowest BCUT2D eigenvalue weighted by atomic mass is 10.2. The van der Waals surface area contributed by atoms with Crippen LogP contribution in [-0.4, -0.2) is 62.8 Å². The van der Waals surface area contributed by atoms with Crippen molar-refractivity contribution in [3.63, 3.8) is 0 Å². The molecule has 1 fully saturated rings. The van der Waals surface area contributed by atoms with Gasteiger partial charge in [-0.05, 0) is 6.54 Å². The Kier molecular flexibility index (Phi) is 4.34. The molecule has 1 saturated heterocycles. The molecular weight excluding hydrogens is 243 g/mol. The van der Waals surface area contributed by atoms with Crippen LogP contribution in [0.15, 0.2) is 0 Å². The monoisotopic (exact) mass is 256 g/mol. The Labute approximate surface area is 98.2 Å². The van der Waals surface area contributed by atoms with Gasteiger partial charge < -0.3 is 10.2 Å². The van der Waals surface area contributed by atoms with Gasteiger partial charge in [0.25, 0.3) is 0 Å². The highest BCUT2D eigenvalue weighted by Crippen LogP contribution is 2.29. The summed E-state index contributed by atoms with van der Waals surface area (Å²) in [7, 11) is 0. The smallest absolute Gasteiger partial charge is 0.229 e. The van der Waals surface area contributed by atoms with Gasteiger partial charge in [-0.1, -0.05) is 30.1 Å². The van der Waals surface area contributed by atoms with Gasteiger partial charge in [0.05, 0.1) is 0 Å². The molecule has 5 nitrogen and oxygen atoms in total. The number of piperazine rings is 1. The third-order valence-electron chi connectivity index (χ3n) is 2.52. The molecule has 0 spiro atoms. The highest BCUT2D eigenvalue weighted by Gasteiger charge is 2.43. The maximum atomic E-state index is 10.6. The van der Waals surface area contributed by atoms with Crippen LogP contribution in [0.25, 0.3) is 0 Å². The molecule has 1 aliphatic heterocycles. The van der Waals surface area contributed by atoms with Gasteiger partial charge in [0, 0.05) is 13.1 Å². The molecule has 0 aliphatic carbocycles. The fraction of sp³-hybridized carbons (Fsp3) is 0.875. The standard InChI is InChI=1S/C8H14Cl2N2O3/c1-2-11-3-4-12(7(15)6(11)14)8(9,10)5-13/h5-7,14-15H,2-4H2,1H3. The number of alkyl halides is 2. The number of aliphatic hydroxyl groups is 2. The van der Waals surface area contributed by atoms with E-state index in [9.17, 15) is 15.0 Å². The highest BCUT2D eigenvalue weighted by atomic mass is 35.5. The molecule has 0 aromatic rings. The van der Waals surface area contributed by atoms with Crippen molar-refractivity contribution in [1.29, 1.82) is 0 Å². The van der Waals surface area contributed by atoms with Gasteiger partial charge in [0.15, 0.2) is 6.29 Å². The molecule has 0 aromatic heterocycles. The number of aldehydes is 1. The lowest BCUT2D eigenvalue weighted by Crippen LogP contribution is -2.63. The Morgan fingerprint density at radius 3 is 2.47 bits per heavy atom. The van der Waals surface area contributed by atoms with Crippen LogP contribution in [0.4, 0.5) is 0 Å². The fourth-order valence-electron chi connectivity index (χ4n) is 1.59. The molecule has 1 aliphatic rings. The number of likely N-dealkylation sites (N-methyl/N-ethyl adjacent to an activating group) is 1. The molecule has 7 heteroatoms. The summed E-state index contributed by atoms with van der Waals surface area (Å²) in [4.78, 5) is 13.4. The predicted octanol–water partition coefficient (Wildman–Crippen LogP) is -0.409. The van der Waals surface area contributed by atoms with E-state index < -0.39 is 16.9 Å². The van der Waals surface area contributed by atoms with E-state index in [0.717, 1.165) is 4.90 Å². The topological polar surface area (TPSA) is 64.0 Å². The Balaban J connectivity index is 2.76. The summed E-state index contributed by atoms with van der Waals surface area (Å²) < 4.78 is -1.79. The molecule has 1 rings (SSSR count). The first-order chi connectivity index (χ1) is 6.94. The number of nitrogens with zero attached hydrogens (tertiary/aromatic N) is 2. The Morgan fingerprint density at radius 2 is 2.00 bits per heavy atom. The van der Waals surface area contributed by atoms with Crippen LogP contribution in [0.3, 0.4) is 0 Å². The second-order valence-corrected chi connectivity index (χ2v) is 4.70. The van der Waals surface area contributed by atoms with Gasteiger partial charge >= 0.3 is 0 Å². The van der Waals surface area contributed by atoms with E-state index in [1.165, 1.54) is 0 Å². The molecule has 1 heterocycles. The van der Waals surface area contributed by atoms with Gasteiger partial charge in [0.1, 0.15) is 12.5 Å². The Hall–Kier alpha value is 0.0900. The van der Waals surface area contributed by atoms with E-state index in [1.807, 2.05) is 6.92 Å². The minimum absolute atomic E-state index is 0.317. The first kappa shape index (κ1) is 13.2. The van der Waals surface area contributed by atoms with Crippen molar-refractivity contribution in [1.82, 2.24) is 9.80 Å². The first-order valence-corrected chi connectivity index (χ1v) is 5.40. The molecule has 2 N–H and O–H groups in total. The lowest BCUT2D eigenvalue weighted by molar-refractivity contribution is -0.184. The third kappa shape index (κ3) is 2.61. The van der Waals surface area contributed by atoms with Crippen LogP contribution >= 0.6 is 23.2 Å². The second-order valence-electron chi connectivity index (χ2n) is 3.35. The lowest BCUT2D eigenvalue weighted by Gasteiger charge is -2.45. The summed E-state index contributed by atoms with van der Waals surface area (Å²) in [5, 5.41) is 19.4. The summed E-state index contributed by atoms with van der Waals surface area (Å²) in [5.74, 6) is 0. The minimum Gasteiger partial charge on any atom is -0.374 e. The van der Waals surface area contributed by atoms with Gasteiger partial charge in [-0.2, -0.15) is 0 Å². The van der Waals surface area contributed by atoms with Gasteiger partial charge in [-0.15, -0.1) is 0 Å². The van der Waals surface area contributed by atoms with Crippen molar-refractivity contribution in [3.8, 4) is 0 Å². The second kappa shape index (κ2) is 4.95. The molecule has 88 valence electrons. The number of halogens is 2. The van der Waals surface area contributed by atoms with E-state index in [1.54, 1.807) is 4.90 Å². The van der Waals surface area contributed by atoms with Crippen molar-refractivity contribution >= 4 is 29.5 Å². The summed E-state index contributed by atoms with van der Waals surface area (Å²) in [6.45, 7) is 3.27.